The number of halogens is 3. The quantitative estimate of drug-likeness (QED) is 0.602. The van der Waals surface area contributed by atoms with E-state index in [0.717, 1.165) is 0 Å². The third-order valence-electron chi connectivity index (χ3n) is 2.60. The van der Waals surface area contributed by atoms with E-state index < -0.39 is 43.0 Å². The van der Waals surface area contributed by atoms with Crippen LogP contribution in [-0.2, 0) is 14.4 Å². The van der Waals surface area contributed by atoms with Gasteiger partial charge in [-0.3, -0.25) is 9.59 Å². The van der Waals surface area contributed by atoms with E-state index in [0.29, 0.717) is 6.42 Å². The van der Waals surface area contributed by atoms with E-state index in [9.17, 15) is 27.6 Å². The Hall–Kier alpha value is -1.80. The molecule has 0 fully saturated rings. The third-order valence-corrected chi connectivity index (χ3v) is 2.60. The summed E-state index contributed by atoms with van der Waals surface area (Å²) in [5, 5.41) is 12.5. The smallest absolute Gasteiger partial charge is 0.405 e. The molecular weight excluding hydrogens is 281 g/mol. The number of nitrogens with one attached hydrogen (secondary N) is 2. The first kappa shape index (κ1) is 18.2. The Labute approximate surface area is 113 Å². The molecule has 9 heteroatoms. The van der Waals surface area contributed by atoms with Gasteiger partial charge in [0.25, 0.3) is 0 Å². The van der Waals surface area contributed by atoms with Crippen molar-refractivity contribution in [1.82, 2.24) is 10.6 Å². The van der Waals surface area contributed by atoms with Gasteiger partial charge in [-0.2, -0.15) is 13.2 Å². The molecular formula is C11H17F3N2O4. The van der Waals surface area contributed by atoms with Crippen molar-refractivity contribution in [2.24, 2.45) is 5.92 Å². The number of carboxylic acids is 1. The number of amides is 2. The predicted octanol–water partition coefficient (Wildman–Crippen LogP) is 0.670. The largest absolute Gasteiger partial charge is 0.480 e. The minimum absolute atomic E-state index is 0.366. The summed E-state index contributed by atoms with van der Waals surface area (Å²) in [7, 11) is 0. The highest BCUT2D eigenvalue weighted by atomic mass is 19.4. The van der Waals surface area contributed by atoms with E-state index in [2.05, 4.69) is 5.32 Å². The summed E-state index contributed by atoms with van der Waals surface area (Å²) in [6.07, 6.45) is -4.93. The van der Waals surface area contributed by atoms with Gasteiger partial charge in [-0.15, -0.1) is 0 Å². The Bertz CT molecular complexity index is 371. The maximum Gasteiger partial charge on any atom is 0.405 e. The fraction of sp³-hybridized carbons (Fsp3) is 0.727. The van der Waals surface area contributed by atoms with Crippen molar-refractivity contribution in [3.63, 3.8) is 0 Å². The van der Waals surface area contributed by atoms with E-state index >= 15 is 0 Å². The first-order valence-corrected chi connectivity index (χ1v) is 5.92. The lowest BCUT2D eigenvalue weighted by atomic mass is 9.99. The topological polar surface area (TPSA) is 95.5 Å². The summed E-state index contributed by atoms with van der Waals surface area (Å²) in [6, 6.07) is -1.18. The van der Waals surface area contributed by atoms with Gasteiger partial charge in [0.15, 0.2) is 0 Å². The van der Waals surface area contributed by atoms with Crippen molar-refractivity contribution in [2.45, 2.75) is 38.9 Å². The number of hydrogen-bond donors (Lipinski definition) is 3. The SMILES string of the molecule is CC[C@H](C)[C@H](NC(=O)CC(=O)NCC(F)(F)F)C(=O)O. The second-order valence-electron chi connectivity index (χ2n) is 4.34. The number of alkyl halides is 3. The number of carboxylic acid groups (broad SMARTS) is 1. The minimum atomic E-state index is -4.56. The second-order valence-corrected chi connectivity index (χ2v) is 4.34. The minimum Gasteiger partial charge on any atom is -0.480 e. The first-order chi connectivity index (χ1) is 9.06. The molecule has 0 aromatic heterocycles. The number of carbonyl (C=O) groups excluding carboxylic acids is 2. The van der Waals surface area contributed by atoms with Gasteiger partial charge in [0.1, 0.15) is 19.0 Å². The van der Waals surface area contributed by atoms with Crippen molar-refractivity contribution < 1.29 is 32.7 Å². The van der Waals surface area contributed by atoms with Gasteiger partial charge >= 0.3 is 12.1 Å². The molecule has 0 saturated heterocycles. The lowest BCUT2D eigenvalue weighted by Crippen LogP contribution is -2.46. The first-order valence-electron chi connectivity index (χ1n) is 5.92. The fourth-order valence-electron chi connectivity index (χ4n) is 1.31. The van der Waals surface area contributed by atoms with Crippen LogP contribution in [0.1, 0.15) is 26.7 Å². The Kier molecular flexibility index (Phi) is 7.01. The van der Waals surface area contributed by atoms with Crippen LogP contribution in [0.25, 0.3) is 0 Å². The molecule has 0 aliphatic heterocycles. The Morgan fingerprint density at radius 2 is 1.75 bits per heavy atom. The molecule has 2 amide bonds. The monoisotopic (exact) mass is 298 g/mol. The van der Waals surface area contributed by atoms with Crippen LogP contribution in [0.15, 0.2) is 0 Å². The zero-order valence-corrected chi connectivity index (χ0v) is 11.1. The van der Waals surface area contributed by atoms with Crippen LogP contribution in [0.2, 0.25) is 0 Å². The van der Waals surface area contributed by atoms with Crippen LogP contribution in [0, 0.1) is 5.92 Å². The molecule has 0 spiro atoms. The maximum atomic E-state index is 11.8. The molecule has 0 aliphatic rings. The summed E-state index contributed by atoms with van der Waals surface area (Å²) in [6.45, 7) is 1.79. The zero-order valence-electron chi connectivity index (χ0n) is 11.1. The average molecular weight is 298 g/mol. The summed E-state index contributed by atoms with van der Waals surface area (Å²) >= 11 is 0. The van der Waals surface area contributed by atoms with Crippen molar-refractivity contribution >= 4 is 17.8 Å². The highest BCUT2D eigenvalue weighted by Crippen LogP contribution is 2.12. The Balaban J connectivity index is 4.33. The molecule has 6 nitrogen and oxygen atoms in total. The zero-order chi connectivity index (χ0) is 15.9. The number of rotatable bonds is 7. The third kappa shape index (κ3) is 7.59. The van der Waals surface area contributed by atoms with Gasteiger partial charge in [0.05, 0.1) is 0 Å². The average Bonchev–Trinajstić information content (AvgIpc) is 2.31. The van der Waals surface area contributed by atoms with Crippen LogP contribution in [0.5, 0.6) is 0 Å². The highest BCUT2D eigenvalue weighted by Gasteiger charge is 2.29. The standard InChI is InChI=1S/C11H17F3N2O4/c1-3-6(2)9(10(19)20)16-8(18)4-7(17)15-5-11(12,13)14/h6,9H,3-5H2,1-2H3,(H,15,17)(H,16,18)(H,19,20)/t6-,9-/m0/s1. The number of aliphatic carboxylic acids is 1. The number of carbonyl (C=O) groups is 3. The molecule has 0 aliphatic carbocycles. The van der Waals surface area contributed by atoms with Gasteiger partial charge < -0.3 is 15.7 Å². The van der Waals surface area contributed by atoms with Crippen molar-refractivity contribution in [1.29, 1.82) is 0 Å². The number of hydrogen-bond acceptors (Lipinski definition) is 3. The van der Waals surface area contributed by atoms with Gasteiger partial charge in [0, 0.05) is 0 Å². The van der Waals surface area contributed by atoms with Gasteiger partial charge in [-0.05, 0) is 5.92 Å². The second kappa shape index (κ2) is 7.71. The van der Waals surface area contributed by atoms with Crippen LogP contribution in [0.4, 0.5) is 13.2 Å². The van der Waals surface area contributed by atoms with E-state index in [-0.39, 0.29) is 5.92 Å². The van der Waals surface area contributed by atoms with E-state index in [4.69, 9.17) is 5.11 Å². The maximum absolute atomic E-state index is 11.8. The Morgan fingerprint density at radius 3 is 2.15 bits per heavy atom. The van der Waals surface area contributed by atoms with Crippen molar-refractivity contribution in [2.75, 3.05) is 6.54 Å². The predicted molar refractivity (Wildman–Crippen MR) is 62.7 cm³/mol. The molecule has 116 valence electrons. The van der Waals surface area contributed by atoms with E-state index in [1.807, 2.05) is 0 Å². The van der Waals surface area contributed by atoms with Crippen LogP contribution in [0.3, 0.4) is 0 Å². The molecule has 0 aromatic rings. The van der Waals surface area contributed by atoms with Crippen molar-refractivity contribution in [3.8, 4) is 0 Å². The lowest BCUT2D eigenvalue weighted by molar-refractivity contribution is -0.145. The molecule has 2 atom stereocenters. The molecule has 0 heterocycles. The van der Waals surface area contributed by atoms with Crippen LogP contribution >= 0.6 is 0 Å². The summed E-state index contributed by atoms with van der Waals surface area (Å²) in [5.41, 5.74) is 0. The lowest BCUT2D eigenvalue weighted by Gasteiger charge is -2.20. The van der Waals surface area contributed by atoms with Gasteiger partial charge in [-0.25, -0.2) is 4.79 Å². The van der Waals surface area contributed by atoms with Crippen LogP contribution < -0.4 is 10.6 Å². The normalized spacial score (nSPS) is 14.2. The van der Waals surface area contributed by atoms with E-state index in [1.54, 1.807) is 13.8 Å². The summed E-state index contributed by atoms with van der Waals surface area (Å²) < 4.78 is 35.5. The molecule has 3 N–H and O–H groups in total. The van der Waals surface area contributed by atoms with Gasteiger partial charge in [-0.1, -0.05) is 20.3 Å². The molecule has 0 bridgehead atoms. The summed E-state index contributed by atoms with van der Waals surface area (Å²) in [5.74, 6) is -3.68. The highest BCUT2D eigenvalue weighted by molar-refractivity contribution is 5.98. The molecule has 0 unspecified atom stereocenters. The van der Waals surface area contributed by atoms with Crippen molar-refractivity contribution in [3.05, 3.63) is 0 Å². The molecule has 20 heavy (non-hydrogen) atoms. The van der Waals surface area contributed by atoms with E-state index in [1.165, 1.54) is 5.32 Å². The molecule has 0 radical (unpaired) electrons. The summed E-state index contributed by atoms with van der Waals surface area (Å²) in [4.78, 5) is 33.4. The molecule has 0 aromatic carbocycles. The molecule has 0 saturated carbocycles. The van der Waals surface area contributed by atoms with Gasteiger partial charge in [0.2, 0.25) is 11.8 Å². The van der Waals surface area contributed by atoms with Crippen LogP contribution in [-0.4, -0.2) is 41.7 Å². The Morgan fingerprint density at radius 1 is 1.20 bits per heavy atom. The fourth-order valence-corrected chi connectivity index (χ4v) is 1.31. The molecule has 0 rings (SSSR count).